The fraction of sp³-hybridized carbons (Fsp3) is 0.727. The number of carbonyl (C=O) groups is 1. The van der Waals surface area contributed by atoms with Gasteiger partial charge in [0.1, 0.15) is 0 Å². The maximum atomic E-state index is 10.5. The summed E-state index contributed by atoms with van der Waals surface area (Å²) in [4.78, 5) is 12.6. The molecule has 1 N–H and O–H groups in total. The van der Waals surface area contributed by atoms with Crippen molar-refractivity contribution < 1.29 is 9.90 Å². The Morgan fingerprint density at radius 3 is 2.83 bits per heavy atom. The molecule has 1 aromatic heterocycles. The topological polar surface area (TPSA) is 71.2 Å². The molecule has 1 heterocycles. The van der Waals surface area contributed by atoms with E-state index in [4.69, 9.17) is 5.11 Å². The second kappa shape index (κ2) is 5.60. The first-order chi connectivity index (χ1) is 8.58. The number of aromatic nitrogens is 3. The van der Waals surface area contributed by atoms with Crippen LogP contribution in [0.1, 0.15) is 19.3 Å². The summed E-state index contributed by atoms with van der Waals surface area (Å²) < 4.78 is 1.85. The van der Waals surface area contributed by atoms with Gasteiger partial charge in [0.15, 0.2) is 5.16 Å². The molecule has 0 unspecified atom stereocenters. The summed E-state index contributed by atoms with van der Waals surface area (Å²) in [6, 6.07) is 0. The summed E-state index contributed by atoms with van der Waals surface area (Å²) in [5.74, 6) is 0.738. The molecule has 0 aliphatic heterocycles. The molecule has 0 saturated heterocycles. The Labute approximate surface area is 110 Å². The van der Waals surface area contributed by atoms with Crippen LogP contribution >= 0.6 is 11.8 Å². The van der Waals surface area contributed by atoms with Crippen LogP contribution in [0.2, 0.25) is 0 Å². The van der Waals surface area contributed by atoms with E-state index in [0.29, 0.717) is 5.16 Å². The lowest BCUT2D eigenvalue weighted by Crippen LogP contribution is -2.31. The van der Waals surface area contributed by atoms with Gasteiger partial charge >= 0.3 is 5.97 Å². The normalized spacial score (nSPS) is 15.4. The predicted octanol–water partition coefficient (Wildman–Crippen LogP) is 1.23. The SMILES string of the molecule is CN(CC1CCC1)c1nnc(SCC(=O)O)n1C. The lowest BCUT2D eigenvalue weighted by Gasteiger charge is -2.30. The lowest BCUT2D eigenvalue weighted by atomic mass is 9.85. The molecule has 6 nitrogen and oxygen atoms in total. The van der Waals surface area contributed by atoms with Crippen LogP contribution in [0.4, 0.5) is 5.95 Å². The minimum atomic E-state index is -0.840. The average molecular weight is 270 g/mol. The number of hydrogen-bond acceptors (Lipinski definition) is 5. The molecule has 0 atom stereocenters. The first kappa shape index (κ1) is 13.2. The summed E-state index contributed by atoms with van der Waals surface area (Å²) in [5.41, 5.74) is 0. The Balaban J connectivity index is 1.97. The van der Waals surface area contributed by atoms with Crippen LogP contribution in [-0.2, 0) is 11.8 Å². The Hall–Kier alpha value is -1.24. The van der Waals surface area contributed by atoms with E-state index in [1.165, 1.54) is 31.0 Å². The van der Waals surface area contributed by atoms with Gasteiger partial charge in [-0.3, -0.25) is 9.36 Å². The third kappa shape index (κ3) is 2.95. The number of rotatable bonds is 6. The molecule has 1 saturated carbocycles. The van der Waals surface area contributed by atoms with Gasteiger partial charge in [0, 0.05) is 20.6 Å². The number of anilines is 1. The van der Waals surface area contributed by atoms with Crippen molar-refractivity contribution in [2.75, 3.05) is 24.2 Å². The summed E-state index contributed by atoms with van der Waals surface area (Å²) in [5, 5.41) is 17.5. The lowest BCUT2D eigenvalue weighted by molar-refractivity contribution is -0.133. The zero-order valence-corrected chi connectivity index (χ0v) is 11.5. The summed E-state index contributed by atoms with van der Waals surface area (Å²) in [6.07, 6.45) is 3.92. The molecule has 7 heteroatoms. The van der Waals surface area contributed by atoms with E-state index in [1.807, 2.05) is 18.7 Å². The van der Waals surface area contributed by atoms with E-state index >= 15 is 0 Å². The maximum Gasteiger partial charge on any atom is 0.313 e. The minimum Gasteiger partial charge on any atom is -0.481 e. The van der Waals surface area contributed by atoms with Gasteiger partial charge in [-0.1, -0.05) is 18.2 Å². The Bertz CT molecular complexity index is 431. The second-order valence-corrected chi connectivity index (χ2v) is 5.64. The zero-order valence-electron chi connectivity index (χ0n) is 10.7. The number of thioether (sulfide) groups is 1. The maximum absolute atomic E-state index is 10.5. The number of carboxylic acid groups (broad SMARTS) is 1. The highest BCUT2D eigenvalue weighted by Crippen LogP contribution is 2.28. The van der Waals surface area contributed by atoms with Crippen LogP contribution < -0.4 is 4.90 Å². The molecule has 0 spiro atoms. The number of hydrogen-bond donors (Lipinski definition) is 1. The van der Waals surface area contributed by atoms with E-state index in [9.17, 15) is 4.79 Å². The standard InChI is InChI=1S/C11H18N4O2S/c1-14(6-8-4-3-5-8)10-12-13-11(15(10)2)18-7-9(16)17/h8H,3-7H2,1-2H3,(H,16,17). The molecule has 0 aromatic carbocycles. The van der Waals surface area contributed by atoms with Crippen LogP contribution in [-0.4, -0.2) is 45.2 Å². The van der Waals surface area contributed by atoms with E-state index < -0.39 is 5.97 Å². The van der Waals surface area contributed by atoms with Crippen LogP contribution in [0, 0.1) is 5.92 Å². The molecule has 0 radical (unpaired) electrons. The first-order valence-corrected chi connectivity index (χ1v) is 7.01. The fourth-order valence-corrected chi connectivity index (χ4v) is 2.66. The van der Waals surface area contributed by atoms with Gasteiger partial charge < -0.3 is 10.0 Å². The van der Waals surface area contributed by atoms with Crippen molar-refractivity contribution in [3.05, 3.63) is 0 Å². The Morgan fingerprint density at radius 1 is 1.56 bits per heavy atom. The molecular formula is C11H18N4O2S. The minimum absolute atomic E-state index is 0.0122. The van der Waals surface area contributed by atoms with Gasteiger partial charge in [0.2, 0.25) is 5.95 Å². The number of carboxylic acids is 1. The van der Waals surface area contributed by atoms with Crippen molar-refractivity contribution >= 4 is 23.7 Å². The monoisotopic (exact) mass is 270 g/mol. The van der Waals surface area contributed by atoms with Gasteiger partial charge in [-0.15, -0.1) is 10.2 Å². The van der Waals surface area contributed by atoms with E-state index in [1.54, 1.807) is 0 Å². The van der Waals surface area contributed by atoms with Crippen LogP contribution in [0.3, 0.4) is 0 Å². The van der Waals surface area contributed by atoms with E-state index in [-0.39, 0.29) is 5.75 Å². The molecule has 2 rings (SSSR count). The molecule has 100 valence electrons. The Kier molecular flexibility index (Phi) is 4.11. The third-order valence-electron chi connectivity index (χ3n) is 3.23. The van der Waals surface area contributed by atoms with Crippen molar-refractivity contribution in [3.63, 3.8) is 0 Å². The highest BCUT2D eigenvalue weighted by Gasteiger charge is 2.22. The fourth-order valence-electron chi connectivity index (χ4n) is 2.04. The number of nitrogens with zero attached hydrogens (tertiary/aromatic N) is 4. The van der Waals surface area contributed by atoms with Gasteiger partial charge in [-0.05, 0) is 18.8 Å². The van der Waals surface area contributed by atoms with E-state index in [2.05, 4.69) is 15.1 Å². The third-order valence-corrected chi connectivity index (χ3v) is 4.24. The second-order valence-electron chi connectivity index (χ2n) is 4.70. The van der Waals surface area contributed by atoms with Gasteiger partial charge in [0.25, 0.3) is 0 Å². The molecular weight excluding hydrogens is 252 g/mol. The predicted molar refractivity (Wildman–Crippen MR) is 70.0 cm³/mol. The van der Waals surface area contributed by atoms with Gasteiger partial charge in [-0.25, -0.2) is 0 Å². The summed E-state index contributed by atoms with van der Waals surface area (Å²) >= 11 is 1.20. The van der Waals surface area contributed by atoms with Crippen molar-refractivity contribution in [1.29, 1.82) is 0 Å². The van der Waals surface area contributed by atoms with Crippen molar-refractivity contribution in [2.24, 2.45) is 13.0 Å². The van der Waals surface area contributed by atoms with Crippen molar-refractivity contribution in [2.45, 2.75) is 24.4 Å². The molecule has 1 fully saturated rings. The molecule has 0 bridgehead atoms. The van der Waals surface area contributed by atoms with E-state index in [0.717, 1.165) is 18.4 Å². The summed E-state index contributed by atoms with van der Waals surface area (Å²) in [7, 11) is 3.88. The quantitative estimate of drug-likeness (QED) is 0.784. The van der Waals surface area contributed by atoms with Crippen LogP contribution in [0.15, 0.2) is 5.16 Å². The smallest absolute Gasteiger partial charge is 0.313 e. The van der Waals surface area contributed by atoms with Gasteiger partial charge in [-0.2, -0.15) is 0 Å². The average Bonchev–Trinajstić information content (AvgIpc) is 2.62. The largest absolute Gasteiger partial charge is 0.481 e. The van der Waals surface area contributed by atoms with Crippen LogP contribution in [0.5, 0.6) is 0 Å². The van der Waals surface area contributed by atoms with Crippen molar-refractivity contribution in [3.8, 4) is 0 Å². The first-order valence-electron chi connectivity index (χ1n) is 6.03. The zero-order chi connectivity index (χ0) is 13.1. The van der Waals surface area contributed by atoms with Gasteiger partial charge in [0.05, 0.1) is 5.75 Å². The highest BCUT2D eigenvalue weighted by molar-refractivity contribution is 7.99. The molecule has 1 aromatic rings. The molecule has 1 aliphatic carbocycles. The molecule has 1 aliphatic rings. The summed E-state index contributed by atoms with van der Waals surface area (Å²) in [6.45, 7) is 0.996. The molecule has 18 heavy (non-hydrogen) atoms. The highest BCUT2D eigenvalue weighted by atomic mass is 32.2. The Morgan fingerprint density at radius 2 is 2.28 bits per heavy atom. The molecule has 0 amide bonds. The van der Waals surface area contributed by atoms with Crippen LogP contribution in [0.25, 0.3) is 0 Å². The van der Waals surface area contributed by atoms with Crippen molar-refractivity contribution in [1.82, 2.24) is 14.8 Å². The number of aliphatic carboxylic acids is 1.